The fraction of sp³-hybridized carbons (Fsp3) is 0.269. The molecule has 2 aromatic carbocycles. The SMILES string of the molecule is C=CCN1[C@H](c2ccc(C=CC(=O)OC)cc2)c2[nH]c3ccccc3c2CC1(C)C. The Morgan fingerprint density at radius 1 is 1.23 bits per heavy atom. The molecule has 4 rings (SSSR count). The predicted octanol–water partition coefficient (Wildman–Crippen LogP) is 5.27. The molecule has 0 saturated heterocycles. The number of para-hydroxylation sites is 1. The summed E-state index contributed by atoms with van der Waals surface area (Å²) in [6, 6.07) is 17.0. The number of aromatic amines is 1. The van der Waals surface area contributed by atoms with E-state index >= 15 is 0 Å². The van der Waals surface area contributed by atoms with Crippen LogP contribution in [0.2, 0.25) is 0 Å². The average Bonchev–Trinajstić information content (AvgIpc) is 3.10. The first-order chi connectivity index (χ1) is 14.4. The van der Waals surface area contributed by atoms with E-state index in [0.717, 1.165) is 18.5 Å². The van der Waals surface area contributed by atoms with Gasteiger partial charge in [0.25, 0.3) is 0 Å². The summed E-state index contributed by atoms with van der Waals surface area (Å²) in [6.45, 7) is 9.42. The molecule has 1 N–H and O–H groups in total. The number of nitrogens with one attached hydrogen (secondary N) is 1. The largest absolute Gasteiger partial charge is 0.466 e. The van der Waals surface area contributed by atoms with Crippen LogP contribution in [0, 0.1) is 0 Å². The molecule has 1 atom stereocenters. The number of benzene rings is 2. The summed E-state index contributed by atoms with van der Waals surface area (Å²) in [5.74, 6) is -0.354. The second-order valence-electron chi connectivity index (χ2n) is 8.42. The van der Waals surface area contributed by atoms with Gasteiger partial charge in [0.1, 0.15) is 0 Å². The van der Waals surface area contributed by atoms with Gasteiger partial charge in [-0.3, -0.25) is 4.90 Å². The zero-order valence-corrected chi connectivity index (χ0v) is 17.8. The maximum absolute atomic E-state index is 11.4. The van der Waals surface area contributed by atoms with E-state index in [1.165, 1.54) is 40.9 Å². The van der Waals surface area contributed by atoms with E-state index in [4.69, 9.17) is 0 Å². The summed E-state index contributed by atoms with van der Waals surface area (Å²) >= 11 is 0. The fourth-order valence-corrected chi connectivity index (χ4v) is 4.54. The highest BCUT2D eigenvalue weighted by molar-refractivity contribution is 5.87. The van der Waals surface area contributed by atoms with E-state index in [1.54, 1.807) is 6.08 Å². The number of carbonyl (C=O) groups excluding carboxylic acids is 1. The summed E-state index contributed by atoms with van der Waals surface area (Å²) in [4.78, 5) is 17.6. The van der Waals surface area contributed by atoms with Crippen molar-refractivity contribution in [1.82, 2.24) is 9.88 Å². The zero-order chi connectivity index (χ0) is 21.3. The van der Waals surface area contributed by atoms with Crippen LogP contribution in [0.25, 0.3) is 17.0 Å². The van der Waals surface area contributed by atoms with Gasteiger partial charge in [0, 0.05) is 34.8 Å². The molecule has 0 fully saturated rings. The molecular formula is C26H28N2O2. The van der Waals surface area contributed by atoms with Gasteiger partial charge in [0.05, 0.1) is 13.2 Å². The van der Waals surface area contributed by atoms with Crippen molar-refractivity contribution < 1.29 is 9.53 Å². The van der Waals surface area contributed by atoms with Gasteiger partial charge >= 0.3 is 5.97 Å². The first-order valence-electron chi connectivity index (χ1n) is 10.3. The third-order valence-electron chi connectivity index (χ3n) is 6.01. The summed E-state index contributed by atoms with van der Waals surface area (Å²) in [5, 5.41) is 1.31. The molecule has 0 amide bonds. The quantitative estimate of drug-likeness (QED) is 0.361. The Morgan fingerprint density at radius 3 is 2.67 bits per heavy atom. The van der Waals surface area contributed by atoms with E-state index in [-0.39, 0.29) is 17.6 Å². The molecule has 1 aliphatic rings. The number of fused-ring (bicyclic) bond motifs is 3. The van der Waals surface area contributed by atoms with Crippen molar-refractivity contribution in [3.8, 4) is 0 Å². The van der Waals surface area contributed by atoms with Crippen LogP contribution in [-0.2, 0) is 16.0 Å². The standard InChI is InChI=1S/C26H28N2O2/c1-5-16-28-25(19-13-10-18(11-14-19)12-15-23(29)30-4)24-21(17-26(28,2)3)20-8-6-7-9-22(20)27-24/h5-15,25,27H,1,16-17H2,2-4H3/t25-/m1/s1. The van der Waals surface area contributed by atoms with Crippen molar-refractivity contribution in [2.45, 2.75) is 31.8 Å². The highest BCUT2D eigenvalue weighted by atomic mass is 16.5. The number of hydrogen-bond acceptors (Lipinski definition) is 3. The minimum Gasteiger partial charge on any atom is -0.466 e. The van der Waals surface area contributed by atoms with Crippen molar-refractivity contribution in [2.75, 3.05) is 13.7 Å². The van der Waals surface area contributed by atoms with Crippen LogP contribution in [0.4, 0.5) is 0 Å². The molecular weight excluding hydrogens is 372 g/mol. The summed E-state index contributed by atoms with van der Waals surface area (Å²) < 4.78 is 4.68. The number of H-pyrrole nitrogens is 1. The Hall–Kier alpha value is -3.11. The van der Waals surface area contributed by atoms with Crippen molar-refractivity contribution in [1.29, 1.82) is 0 Å². The first kappa shape index (κ1) is 20.2. The van der Waals surface area contributed by atoms with Gasteiger partial charge in [-0.25, -0.2) is 4.79 Å². The molecule has 0 saturated carbocycles. The van der Waals surface area contributed by atoms with E-state index in [9.17, 15) is 4.79 Å². The molecule has 1 aromatic heterocycles. The molecule has 0 spiro atoms. The number of esters is 1. The molecule has 3 aromatic rings. The van der Waals surface area contributed by atoms with Gasteiger partial charge in [-0.15, -0.1) is 6.58 Å². The van der Waals surface area contributed by atoms with Crippen LogP contribution >= 0.6 is 0 Å². The van der Waals surface area contributed by atoms with E-state index in [0.29, 0.717) is 0 Å². The topological polar surface area (TPSA) is 45.3 Å². The first-order valence-corrected chi connectivity index (χ1v) is 10.3. The highest BCUT2D eigenvalue weighted by Gasteiger charge is 2.41. The van der Waals surface area contributed by atoms with Gasteiger partial charge in [0.15, 0.2) is 0 Å². The number of nitrogens with zero attached hydrogens (tertiary/aromatic N) is 1. The lowest BCUT2D eigenvalue weighted by Gasteiger charge is -2.47. The smallest absolute Gasteiger partial charge is 0.330 e. The Bertz CT molecular complexity index is 1110. The Kier molecular flexibility index (Phi) is 5.35. The van der Waals surface area contributed by atoms with E-state index in [2.05, 4.69) is 71.4 Å². The molecule has 1 aliphatic heterocycles. The minimum atomic E-state index is -0.354. The molecule has 30 heavy (non-hydrogen) atoms. The van der Waals surface area contributed by atoms with Gasteiger partial charge in [-0.1, -0.05) is 48.5 Å². The molecule has 0 radical (unpaired) electrons. The second-order valence-corrected chi connectivity index (χ2v) is 8.42. The lowest BCUT2D eigenvalue weighted by molar-refractivity contribution is -0.134. The van der Waals surface area contributed by atoms with Crippen LogP contribution in [0.5, 0.6) is 0 Å². The van der Waals surface area contributed by atoms with Crippen LogP contribution in [-0.4, -0.2) is 35.0 Å². The van der Waals surface area contributed by atoms with Gasteiger partial charge in [0.2, 0.25) is 0 Å². The molecule has 0 unspecified atom stereocenters. The van der Waals surface area contributed by atoms with E-state index in [1.807, 2.05) is 18.2 Å². The zero-order valence-electron chi connectivity index (χ0n) is 17.8. The number of ether oxygens (including phenoxy) is 1. The summed E-state index contributed by atoms with van der Waals surface area (Å²) in [6.07, 6.45) is 6.18. The number of hydrogen-bond donors (Lipinski definition) is 1. The van der Waals surface area contributed by atoms with E-state index < -0.39 is 0 Å². The van der Waals surface area contributed by atoms with Gasteiger partial charge < -0.3 is 9.72 Å². The molecule has 0 aliphatic carbocycles. The Balaban J connectivity index is 1.80. The van der Waals surface area contributed by atoms with Crippen LogP contribution < -0.4 is 0 Å². The molecule has 4 heteroatoms. The second kappa shape index (κ2) is 7.96. The maximum atomic E-state index is 11.4. The fourth-order valence-electron chi connectivity index (χ4n) is 4.54. The van der Waals surface area contributed by atoms with Crippen LogP contribution in [0.3, 0.4) is 0 Å². The van der Waals surface area contributed by atoms with Gasteiger partial charge in [-0.2, -0.15) is 0 Å². The van der Waals surface area contributed by atoms with Crippen LogP contribution in [0.1, 0.15) is 42.3 Å². The normalized spacial score (nSPS) is 18.4. The molecule has 154 valence electrons. The van der Waals surface area contributed by atoms with Gasteiger partial charge in [-0.05, 0) is 49.1 Å². The average molecular weight is 401 g/mol. The van der Waals surface area contributed by atoms with Crippen molar-refractivity contribution in [3.05, 3.63) is 89.6 Å². The minimum absolute atomic E-state index is 0.0136. The maximum Gasteiger partial charge on any atom is 0.330 e. The molecule has 2 heterocycles. The highest BCUT2D eigenvalue weighted by Crippen LogP contribution is 2.44. The third kappa shape index (κ3) is 3.59. The Morgan fingerprint density at radius 2 is 1.97 bits per heavy atom. The third-order valence-corrected chi connectivity index (χ3v) is 6.01. The predicted molar refractivity (Wildman–Crippen MR) is 122 cm³/mol. The van der Waals surface area contributed by atoms with Crippen molar-refractivity contribution in [3.63, 3.8) is 0 Å². The molecule has 0 bridgehead atoms. The lowest BCUT2D eigenvalue weighted by atomic mass is 9.81. The van der Waals surface area contributed by atoms with Crippen molar-refractivity contribution >= 4 is 22.9 Å². The monoisotopic (exact) mass is 400 g/mol. The lowest BCUT2D eigenvalue weighted by Crippen LogP contribution is -2.51. The number of rotatable bonds is 5. The summed E-state index contributed by atoms with van der Waals surface area (Å²) in [5.41, 5.74) is 6.01. The van der Waals surface area contributed by atoms with Crippen LogP contribution in [0.15, 0.2) is 67.3 Å². The number of carbonyl (C=O) groups is 1. The number of methoxy groups -OCH3 is 1. The summed E-state index contributed by atoms with van der Waals surface area (Å²) in [7, 11) is 1.38. The van der Waals surface area contributed by atoms with Crippen molar-refractivity contribution in [2.24, 2.45) is 0 Å². The number of aromatic nitrogens is 1. The molecule has 4 nitrogen and oxygen atoms in total. The Labute approximate surface area is 177 Å².